The number of benzene rings is 1. The highest BCUT2D eigenvalue weighted by Crippen LogP contribution is 2.29. The van der Waals surface area contributed by atoms with Gasteiger partial charge in [0.05, 0.1) is 19.1 Å². The van der Waals surface area contributed by atoms with Crippen molar-refractivity contribution in [1.82, 2.24) is 4.90 Å². The summed E-state index contributed by atoms with van der Waals surface area (Å²) in [7, 11) is 0. The standard InChI is InChI=1S/C17H18ClF2NO3/c18-14-5-13(12-1-4-23-9-12)6-16(7-14)24-10-15(22)8-21-3-2-17(19,20)11-21/h1,4-7,9,15,22H,2-3,8,10-11H2. The molecular weight excluding hydrogens is 340 g/mol. The second kappa shape index (κ2) is 7.09. The van der Waals surface area contributed by atoms with E-state index in [0.29, 0.717) is 10.8 Å². The Labute approximate surface area is 143 Å². The molecule has 0 aliphatic carbocycles. The smallest absolute Gasteiger partial charge is 0.261 e. The van der Waals surface area contributed by atoms with Gasteiger partial charge >= 0.3 is 0 Å². The van der Waals surface area contributed by atoms with Gasteiger partial charge in [-0.1, -0.05) is 11.6 Å². The van der Waals surface area contributed by atoms with Crippen LogP contribution in [0.15, 0.2) is 41.2 Å². The number of halogens is 3. The van der Waals surface area contributed by atoms with Crippen LogP contribution in [0.4, 0.5) is 8.78 Å². The first-order valence-corrected chi connectivity index (χ1v) is 8.03. The van der Waals surface area contributed by atoms with E-state index in [1.807, 2.05) is 0 Å². The maximum Gasteiger partial charge on any atom is 0.261 e. The van der Waals surface area contributed by atoms with Crippen molar-refractivity contribution in [3.05, 3.63) is 41.8 Å². The molecule has 2 heterocycles. The minimum Gasteiger partial charge on any atom is -0.491 e. The molecular formula is C17H18ClF2NO3. The molecule has 2 aromatic rings. The molecule has 0 radical (unpaired) electrons. The topological polar surface area (TPSA) is 45.8 Å². The van der Waals surface area contributed by atoms with Crippen molar-refractivity contribution >= 4 is 11.6 Å². The van der Waals surface area contributed by atoms with E-state index >= 15 is 0 Å². The van der Waals surface area contributed by atoms with E-state index in [-0.39, 0.29) is 32.7 Å². The number of likely N-dealkylation sites (tertiary alicyclic amines) is 1. The molecule has 7 heteroatoms. The Morgan fingerprint density at radius 1 is 1.33 bits per heavy atom. The van der Waals surface area contributed by atoms with Crippen molar-refractivity contribution in [2.75, 3.05) is 26.2 Å². The van der Waals surface area contributed by atoms with Crippen molar-refractivity contribution < 1.29 is 23.0 Å². The number of furan rings is 1. The van der Waals surface area contributed by atoms with Gasteiger partial charge in [0.15, 0.2) is 0 Å². The molecule has 1 aliphatic rings. The van der Waals surface area contributed by atoms with Crippen molar-refractivity contribution in [3.8, 4) is 16.9 Å². The van der Waals surface area contributed by atoms with Gasteiger partial charge in [-0.15, -0.1) is 0 Å². The van der Waals surface area contributed by atoms with Gasteiger partial charge in [0.1, 0.15) is 18.5 Å². The van der Waals surface area contributed by atoms with Gasteiger partial charge in [-0.3, -0.25) is 4.90 Å². The molecule has 1 saturated heterocycles. The van der Waals surface area contributed by atoms with Crippen LogP contribution >= 0.6 is 11.6 Å². The number of rotatable bonds is 6. The van der Waals surface area contributed by atoms with E-state index in [1.54, 1.807) is 41.7 Å². The lowest BCUT2D eigenvalue weighted by Gasteiger charge is -2.20. The van der Waals surface area contributed by atoms with Crippen molar-refractivity contribution in [2.24, 2.45) is 0 Å². The fourth-order valence-corrected chi connectivity index (χ4v) is 2.97. The van der Waals surface area contributed by atoms with Crippen LogP contribution in [0, 0.1) is 0 Å². The van der Waals surface area contributed by atoms with Crippen molar-refractivity contribution in [2.45, 2.75) is 18.4 Å². The lowest BCUT2D eigenvalue weighted by atomic mass is 10.1. The summed E-state index contributed by atoms with van der Waals surface area (Å²) in [5, 5.41) is 10.5. The summed E-state index contributed by atoms with van der Waals surface area (Å²) in [5.41, 5.74) is 1.70. The average Bonchev–Trinajstić information content (AvgIpc) is 3.14. The summed E-state index contributed by atoms with van der Waals surface area (Å²) in [6, 6.07) is 7.01. The van der Waals surface area contributed by atoms with Gasteiger partial charge in [0.2, 0.25) is 0 Å². The summed E-state index contributed by atoms with van der Waals surface area (Å²) >= 11 is 6.09. The number of alkyl halides is 2. The molecule has 1 aromatic carbocycles. The first kappa shape index (κ1) is 17.2. The highest BCUT2D eigenvalue weighted by Gasteiger charge is 2.38. The molecule has 1 N–H and O–H groups in total. The SMILES string of the molecule is OC(COc1cc(Cl)cc(-c2ccoc2)c1)CN1CCC(F)(F)C1. The van der Waals surface area contributed by atoms with Gasteiger partial charge in [-0.05, 0) is 29.8 Å². The Hall–Kier alpha value is -1.63. The minimum atomic E-state index is -2.66. The summed E-state index contributed by atoms with van der Waals surface area (Å²) in [6.07, 6.45) is 2.14. The number of aliphatic hydroxyl groups is 1. The molecule has 0 spiro atoms. The highest BCUT2D eigenvalue weighted by molar-refractivity contribution is 6.31. The summed E-state index contributed by atoms with van der Waals surface area (Å²) < 4.78 is 36.9. The van der Waals surface area contributed by atoms with Crippen LogP contribution in [0.5, 0.6) is 5.75 Å². The number of hydrogen-bond donors (Lipinski definition) is 1. The number of hydrogen-bond acceptors (Lipinski definition) is 4. The second-order valence-electron chi connectivity index (χ2n) is 5.99. The normalized spacial score (nSPS) is 18.7. The number of β-amino-alcohol motifs (C(OH)–C–C–N with tert-alkyl or cyclic N) is 1. The summed E-state index contributed by atoms with van der Waals surface area (Å²) in [6.45, 7) is 0.135. The molecule has 4 nitrogen and oxygen atoms in total. The lowest BCUT2D eigenvalue weighted by molar-refractivity contribution is 0.00461. The summed E-state index contributed by atoms with van der Waals surface area (Å²) in [5.74, 6) is -2.16. The maximum atomic E-state index is 13.1. The Bertz CT molecular complexity index is 678. The largest absolute Gasteiger partial charge is 0.491 e. The highest BCUT2D eigenvalue weighted by atomic mass is 35.5. The van der Waals surface area contributed by atoms with E-state index in [2.05, 4.69) is 0 Å². The molecule has 1 atom stereocenters. The molecule has 130 valence electrons. The molecule has 1 aliphatic heterocycles. The van der Waals surface area contributed by atoms with Crippen LogP contribution < -0.4 is 4.74 Å². The van der Waals surface area contributed by atoms with Gasteiger partial charge in [0, 0.05) is 30.1 Å². The number of ether oxygens (including phenoxy) is 1. The van der Waals surface area contributed by atoms with Gasteiger partial charge < -0.3 is 14.3 Å². The van der Waals surface area contributed by atoms with Gasteiger partial charge in [0.25, 0.3) is 5.92 Å². The first-order valence-electron chi connectivity index (χ1n) is 7.65. The zero-order chi connectivity index (χ0) is 17.2. The molecule has 0 saturated carbocycles. The third kappa shape index (κ3) is 4.47. The Balaban J connectivity index is 1.56. The van der Waals surface area contributed by atoms with Crippen LogP contribution in [0.1, 0.15) is 6.42 Å². The fourth-order valence-electron chi connectivity index (χ4n) is 2.75. The van der Waals surface area contributed by atoms with Crippen molar-refractivity contribution in [1.29, 1.82) is 0 Å². The van der Waals surface area contributed by atoms with Crippen LogP contribution in [-0.2, 0) is 0 Å². The Kier molecular flexibility index (Phi) is 5.08. The Morgan fingerprint density at radius 3 is 2.83 bits per heavy atom. The second-order valence-corrected chi connectivity index (χ2v) is 6.43. The molecule has 1 unspecified atom stereocenters. The van der Waals surface area contributed by atoms with Crippen LogP contribution in [0.3, 0.4) is 0 Å². The van der Waals surface area contributed by atoms with Gasteiger partial charge in [-0.2, -0.15) is 0 Å². The molecule has 24 heavy (non-hydrogen) atoms. The number of nitrogens with zero attached hydrogens (tertiary/aromatic N) is 1. The predicted molar refractivity (Wildman–Crippen MR) is 86.7 cm³/mol. The van der Waals surface area contributed by atoms with Gasteiger partial charge in [-0.25, -0.2) is 8.78 Å². The average molecular weight is 358 g/mol. The summed E-state index contributed by atoms with van der Waals surface area (Å²) in [4.78, 5) is 1.54. The first-order chi connectivity index (χ1) is 11.4. The van der Waals surface area contributed by atoms with Crippen LogP contribution in [0.2, 0.25) is 5.02 Å². The van der Waals surface area contributed by atoms with E-state index in [9.17, 15) is 13.9 Å². The molecule has 3 rings (SSSR count). The Morgan fingerprint density at radius 2 is 2.17 bits per heavy atom. The number of aliphatic hydroxyl groups excluding tert-OH is 1. The van der Waals surface area contributed by atoms with Crippen LogP contribution in [0.25, 0.3) is 11.1 Å². The van der Waals surface area contributed by atoms with E-state index in [4.69, 9.17) is 20.8 Å². The predicted octanol–water partition coefficient (Wildman–Crippen LogP) is 3.68. The third-order valence-corrected chi connectivity index (χ3v) is 4.10. The minimum absolute atomic E-state index is 0.00718. The van der Waals surface area contributed by atoms with E-state index < -0.39 is 12.0 Å². The fraction of sp³-hybridized carbons (Fsp3) is 0.412. The molecule has 0 amide bonds. The van der Waals surface area contributed by atoms with Crippen molar-refractivity contribution in [3.63, 3.8) is 0 Å². The maximum absolute atomic E-state index is 13.1. The van der Waals surface area contributed by atoms with E-state index in [0.717, 1.165) is 11.1 Å². The van der Waals surface area contributed by atoms with Crippen LogP contribution in [-0.4, -0.2) is 48.3 Å². The lowest BCUT2D eigenvalue weighted by Crippen LogP contribution is -2.35. The molecule has 1 fully saturated rings. The third-order valence-electron chi connectivity index (χ3n) is 3.89. The zero-order valence-corrected chi connectivity index (χ0v) is 13.7. The quantitative estimate of drug-likeness (QED) is 0.856. The monoisotopic (exact) mass is 357 g/mol. The van der Waals surface area contributed by atoms with E-state index in [1.165, 1.54) is 0 Å². The zero-order valence-electron chi connectivity index (χ0n) is 12.9. The molecule has 1 aromatic heterocycles. The molecule has 0 bridgehead atoms.